The van der Waals surface area contributed by atoms with E-state index in [0.29, 0.717) is 31.0 Å². The number of aromatic nitrogens is 2. The fourth-order valence-electron chi connectivity index (χ4n) is 2.40. The van der Waals surface area contributed by atoms with Crippen LogP contribution in [0.3, 0.4) is 0 Å². The fourth-order valence-corrected chi connectivity index (χ4v) is 2.40. The highest BCUT2D eigenvalue weighted by molar-refractivity contribution is 5.75. The van der Waals surface area contributed by atoms with Crippen LogP contribution in [-0.2, 0) is 30.4 Å². The van der Waals surface area contributed by atoms with Crippen LogP contribution in [0.15, 0.2) is 28.8 Å². The molecule has 1 heterocycles. The van der Waals surface area contributed by atoms with Gasteiger partial charge in [-0.2, -0.15) is 18.2 Å². The smallest absolute Gasteiger partial charge is 0.341 e. The molecule has 25 heavy (non-hydrogen) atoms. The lowest BCUT2D eigenvalue weighted by Crippen LogP contribution is -2.27. The summed E-state index contributed by atoms with van der Waals surface area (Å²) in [6.07, 6.45) is -2.60. The second-order valence-corrected chi connectivity index (χ2v) is 5.72. The van der Waals surface area contributed by atoms with Crippen molar-refractivity contribution in [1.29, 1.82) is 0 Å². The normalized spacial score (nSPS) is 11.6. The first kappa shape index (κ1) is 19.0. The van der Waals surface area contributed by atoms with Gasteiger partial charge in [-0.15, -0.1) is 0 Å². The van der Waals surface area contributed by atoms with E-state index in [1.165, 1.54) is 30.1 Å². The van der Waals surface area contributed by atoms with Gasteiger partial charge >= 0.3 is 6.18 Å². The second-order valence-electron chi connectivity index (χ2n) is 5.72. The van der Waals surface area contributed by atoms with Gasteiger partial charge in [0.15, 0.2) is 5.82 Å². The summed E-state index contributed by atoms with van der Waals surface area (Å²) in [6, 6.07) is 5.28. The number of aryl methyl sites for hydroxylation is 2. The Morgan fingerprint density at radius 2 is 2.00 bits per heavy atom. The Morgan fingerprint density at radius 3 is 2.64 bits per heavy atom. The van der Waals surface area contributed by atoms with E-state index in [9.17, 15) is 18.0 Å². The van der Waals surface area contributed by atoms with Gasteiger partial charge < -0.3 is 9.42 Å². The Balaban J connectivity index is 1.88. The van der Waals surface area contributed by atoms with Crippen LogP contribution in [-0.4, -0.2) is 28.0 Å². The van der Waals surface area contributed by atoms with Gasteiger partial charge in [-0.3, -0.25) is 4.79 Å². The molecule has 0 saturated heterocycles. The minimum Gasteiger partial charge on any atom is -0.341 e. The van der Waals surface area contributed by atoms with Crippen molar-refractivity contribution in [3.05, 3.63) is 47.1 Å². The lowest BCUT2D eigenvalue weighted by molar-refractivity contribution is -0.139. The van der Waals surface area contributed by atoms with Crippen molar-refractivity contribution >= 4 is 5.91 Å². The molecule has 0 aliphatic carbocycles. The molecule has 0 atom stereocenters. The number of hydrogen-bond acceptors (Lipinski definition) is 4. The largest absolute Gasteiger partial charge is 0.416 e. The molecule has 0 saturated carbocycles. The molecule has 2 aromatic rings. The molecule has 8 heteroatoms. The molecule has 0 spiro atoms. The molecule has 0 bridgehead atoms. The summed E-state index contributed by atoms with van der Waals surface area (Å²) in [4.78, 5) is 17.6. The van der Waals surface area contributed by atoms with Crippen molar-refractivity contribution in [2.75, 3.05) is 7.05 Å². The topological polar surface area (TPSA) is 59.2 Å². The summed E-state index contributed by atoms with van der Waals surface area (Å²) in [5.41, 5.74) is -0.636. The quantitative estimate of drug-likeness (QED) is 0.761. The van der Waals surface area contributed by atoms with Crippen LogP contribution >= 0.6 is 0 Å². The predicted octanol–water partition coefficient (Wildman–Crippen LogP) is 3.63. The minimum atomic E-state index is -4.44. The minimum absolute atomic E-state index is 0.0790. The summed E-state index contributed by atoms with van der Waals surface area (Å²) < 4.78 is 44.0. The first-order valence-electron chi connectivity index (χ1n) is 8.01. The molecule has 1 aromatic carbocycles. The molecule has 0 unspecified atom stereocenters. The zero-order valence-electron chi connectivity index (χ0n) is 14.1. The zero-order chi connectivity index (χ0) is 18.4. The number of alkyl halides is 3. The van der Waals surface area contributed by atoms with E-state index in [2.05, 4.69) is 10.1 Å². The molecule has 136 valence electrons. The maximum atomic E-state index is 13.0. The second kappa shape index (κ2) is 8.13. The standard InChI is InChI=1S/C17H20F3N3O2/c1-3-14-21-15(25-22-14)9-6-10-16(24)23(2)11-12-7-4-5-8-13(12)17(18,19)20/h4-5,7-8H,3,6,9-11H2,1-2H3. The summed E-state index contributed by atoms with van der Waals surface area (Å²) in [5, 5.41) is 3.77. The van der Waals surface area contributed by atoms with Gasteiger partial charge in [-0.1, -0.05) is 30.3 Å². The first-order chi connectivity index (χ1) is 11.8. The number of rotatable bonds is 7. The Morgan fingerprint density at radius 1 is 1.28 bits per heavy atom. The molecule has 5 nitrogen and oxygen atoms in total. The Kier molecular flexibility index (Phi) is 6.17. The van der Waals surface area contributed by atoms with Crippen LogP contribution in [0.5, 0.6) is 0 Å². The van der Waals surface area contributed by atoms with E-state index in [4.69, 9.17) is 4.52 Å². The Labute approximate surface area is 143 Å². The molecule has 2 rings (SSSR count). The van der Waals surface area contributed by atoms with E-state index in [-0.39, 0.29) is 24.4 Å². The van der Waals surface area contributed by atoms with E-state index in [1.54, 1.807) is 0 Å². The molecular weight excluding hydrogens is 335 g/mol. The van der Waals surface area contributed by atoms with Gasteiger partial charge in [0.05, 0.1) is 5.56 Å². The highest BCUT2D eigenvalue weighted by Gasteiger charge is 2.33. The maximum absolute atomic E-state index is 13.0. The number of halogens is 3. The summed E-state index contributed by atoms with van der Waals surface area (Å²) >= 11 is 0. The third-order valence-electron chi connectivity index (χ3n) is 3.76. The third kappa shape index (κ3) is 5.30. The summed E-state index contributed by atoms with van der Waals surface area (Å²) in [6.45, 7) is 1.82. The number of carbonyl (C=O) groups is 1. The van der Waals surface area contributed by atoms with Crippen molar-refractivity contribution < 1.29 is 22.5 Å². The van der Waals surface area contributed by atoms with Crippen LogP contribution in [0.2, 0.25) is 0 Å². The van der Waals surface area contributed by atoms with E-state index < -0.39 is 11.7 Å². The van der Waals surface area contributed by atoms with Crippen molar-refractivity contribution in [3.63, 3.8) is 0 Å². The van der Waals surface area contributed by atoms with Gasteiger partial charge in [0.25, 0.3) is 0 Å². The van der Waals surface area contributed by atoms with Gasteiger partial charge in [0.1, 0.15) is 0 Å². The van der Waals surface area contributed by atoms with Crippen molar-refractivity contribution in [1.82, 2.24) is 15.0 Å². The number of amides is 1. The number of benzene rings is 1. The first-order valence-corrected chi connectivity index (χ1v) is 8.01. The van der Waals surface area contributed by atoms with Crippen molar-refractivity contribution in [2.45, 2.75) is 45.3 Å². The molecule has 0 fully saturated rings. The maximum Gasteiger partial charge on any atom is 0.416 e. The van der Waals surface area contributed by atoms with Crippen LogP contribution in [0.1, 0.15) is 42.6 Å². The number of nitrogens with zero attached hydrogens (tertiary/aromatic N) is 3. The third-order valence-corrected chi connectivity index (χ3v) is 3.76. The summed E-state index contributed by atoms with van der Waals surface area (Å²) in [5.74, 6) is 0.851. The van der Waals surface area contributed by atoms with Crippen molar-refractivity contribution in [2.24, 2.45) is 0 Å². The van der Waals surface area contributed by atoms with Gasteiger partial charge in [0, 0.05) is 32.9 Å². The van der Waals surface area contributed by atoms with Crippen LogP contribution in [0.25, 0.3) is 0 Å². The van der Waals surface area contributed by atoms with E-state index in [0.717, 1.165) is 6.07 Å². The average molecular weight is 355 g/mol. The van der Waals surface area contributed by atoms with Crippen LogP contribution in [0, 0.1) is 0 Å². The predicted molar refractivity (Wildman–Crippen MR) is 84.5 cm³/mol. The molecular formula is C17H20F3N3O2. The molecule has 0 aliphatic rings. The molecule has 1 amide bonds. The van der Waals surface area contributed by atoms with Gasteiger partial charge in [-0.25, -0.2) is 0 Å². The average Bonchev–Trinajstić information content (AvgIpc) is 3.02. The zero-order valence-corrected chi connectivity index (χ0v) is 14.1. The lowest BCUT2D eigenvalue weighted by Gasteiger charge is -2.20. The number of carbonyl (C=O) groups excluding carboxylic acids is 1. The molecule has 0 radical (unpaired) electrons. The molecule has 1 aromatic heterocycles. The number of hydrogen-bond donors (Lipinski definition) is 0. The monoisotopic (exact) mass is 355 g/mol. The Bertz CT molecular complexity index is 713. The molecule has 0 N–H and O–H groups in total. The summed E-state index contributed by atoms with van der Waals surface area (Å²) in [7, 11) is 1.50. The van der Waals surface area contributed by atoms with Gasteiger partial charge in [-0.05, 0) is 18.1 Å². The highest BCUT2D eigenvalue weighted by atomic mass is 19.4. The Hall–Kier alpha value is -2.38. The van der Waals surface area contributed by atoms with Gasteiger partial charge in [0.2, 0.25) is 11.8 Å². The van der Waals surface area contributed by atoms with Crippen LogP contribution < -0.4 is 0 Å². The van der Waals surface area contributed by atoms with Crippen LogP contribution in [0.4, 0.5) is 13.2 Å². The highest BCUT2D eigenvalue weighted by Crippen LogP contribution is 2.32. The lowest BCUT2D eigenvalue weighted by atomic mass is 10.1. The fraction of sp³-hybridized carbons (Fsp3) is 0.471. The molecule has 0 aliphatic heterocycles. The van der Waals surface area contributed by atoms with E-state index >= 15 is 0 Å². The SMILES string of the molecule is CCc1noc(CCCC(=O)N(C)Cc2ccccc2C(F)(F)F)n1. The van der Waals surface area contributed by atoms with E-state index in [1.807, 2.05) is 6.92 Å². The van der Waals surface area contributed by atoms with Crippen molar-refractivity contribution in [3.8, 4) is 0 Å².